The van der Waals surface area contributed by atoms with Gasteiger partial charge in [-0.15, -0.1) is 0 Å². The van der Waals surface area contributed by atoms with Crippen LogP contribution >= 0.6 is 23.2 Å². The maximum Gasteiger partial charge on any atom is 0.227 e. The number of anilines is 2. The minimum atomic E-state index is -0.974. The normalized spacial score (nSPS) is 20.1. The third kappa shape index (κ3) is 4.98. The van der Waals surface area contributed by atoms with Crippen molar-refractivity contribution in [1.82, 2.24) is 24.6 Å². The van der Waals surface area contributed by atoms with Gasteiger partial charge in [0, 0.05) is 29.1 Å². The number of piperidine rings is 1. The van der Waals surface area contributed by atoms with E-state index in [1.165, 1.54) is 4.68 Å². The van der Waals surface area contributed by atoms with E-state index in [0.29, 0.717) is 40.3 Å². The van der Waals surface area contributed by atoms with Crippen LogP contribution in [-0.4, -0.2) is 61.2 Å². The molecule has 4 rings (SSSR count). The number of aromatic nitrogens is 4. The molecular weight excluding hydrogens is 454 g/mol. The molecule has 0 amide bonds. The van der Waals surface area contributed by atoms with Crippen molar-refractivity contribution < 1.29 is 9.50 Å². The van der Waals surface area contributed by atoms with Crippen LogP contribution in [0.3, 0.4) is 0 Å². The molecule has 1 unspecified atom stereocenters. The van der Waals surface area contributed by atoms with Gasteiger partial charge in [0.2, 0.25) is 5.95 Å². The standard InChI is InChI=1S/C22H27Cl2FN6O/c1-4-30-6-5-14(17(25)11-30)15-8-18-13(7-16(15)23)9-26-21(28-18)29-19-10-27-31(20(19)24)12-22(2,3)32/h7-10,14,17,32H,4-6,11-12H2,1-3H3,(H,26,28,29)/t14?,17-/m0/s1. The minimum Gasteiger partial charge on any atom is -0.389 e. The zero-order valence-electron chi connectivity index (χ0n) is 18.3. The summed E-state index contributed by atoms with van der Waals surface area (Å²) < 4.78 is 16.4. The molecule has 1 fully saturated rings. The highest BCUT2D eigenvalue weighted by molar-refractivity contribution is 6.32. The Kier molecular flexibility index (Phi) is 6.58. The van der Waals surface area contributed by atoms with Gasteiger partial charge in [-0.05, 0) is 51.1 Å². The SMILES string of the molecule is CCN1CCC(c2cc3nc(Nc4cnn(CC(C)(C)O)c4Cl)ncc3cc2Cl)[C@@H](F)C1. The molecule has 1 aromatic carbocycles. The maximum absolute atomic E-state index is 14.9. The maximum atomic E-state index is 14.9. The molecule has 172 valence electrons. The van der Waals surface area contributed by atoms with Crippen LogP contribution in [0.1, 0.15) is 38.7 Å². The average molecular weight is 481 g/mol. The third-order valence-corrected chi connectivity index (χ3v) is 6.45. The molecule has 2 aromatic heterocycles. The van der Waals surface area contributed by atoms with Gasteiger partial charge >= 0.3 is 0 Å². The lowest BCUT2D eigenvalue weighted by Gasteiger charge is -2.34. The summed E-state index contributed by atoms with van der Waals surface area (Å²) in [4.78, 5) is 11.0. The quantitative estimate of drug-likeness (QED) is 0.527. The summed E-state index contributed by atoms with van der Waals surface area (Å²) in [7, 11) is 0. The van der Waals surface area contributed by atoms with E-state index in [1.54, 1.807) is 32.3 Å². The molecule has 1 saturated heterocycles. The Morgan fingerprint density at radius 3 is 2.75 bits per heavy atom. The van der Waals surface area contributed by atoms with E-state index in [4.69, 9.17) is 23.2 Å². The van der Waals surface area contributed by atoms with Crippen molar-refractivity contribution in [2.75, 3.05) is 25.0 Å². The molecular formula is C22H27Cl2FN6O. The molecule has 1 aliphatic heterocycles. The van der Waals surface area contributed by atoms with Gasteiger partial charge in [0.25, 0.3) is 0 Å². The third-order valence-electron chi connectivity index (χ3n) is 5.73. The summed E-state index contributed by atoms with van der Waals surface area (Å²) in [6.45, 7) is 7.76. The molecule has 0 saturated carbocycles. The second-order valence-corrected chi connectivity index (χ2v) is 9.64. The van der Waals surface area contributed by atoms with Crippen LogP contribution in [0.4, 0.5) is 16.0 Å². The van der Waals surface area contributed by atoms with E-state index < -0.39 is 11.8 Å². The lowest BCUT2D eigenvalue weighted by molar-refractivity contribution is 0.0578. The number of nitrogens with zero attached hydrogens (tertiary/aromatic N) is 5. The highest BCUT2D eigenvalue weighted by Crippen LogP contribution is 2.37. The van der Waals surface area contributed by atoms with Gasteiger partial charge in [0.1, 0.15) is 6.17 Å². The van der Waals surface area contributed by atoms with Crippen LogP contribution < -0.4 is 5.32 Å². The molecule has 10 heteroatoms. The van der Waals surface area contributed by atoms with Gasteiger partial charge in [0.05, 0.1) is 29.5 Å². The number of alkyl halides is 1. The Balaban J connectivity index is 1.60. The van der Waals surface area contributed by atoms with Gasteiger partial charge in [-0.25, -0.2) is 19.0 Å². The summed E-state index contributed by atoms with van der Waals surface area (Å²) in [6, 6.07) is 3.66. The van der Waals surface area contributed by atoms with Crippen molar-refractivity contribution in [3.05, 3.63) is 40.3 Å². The van der Waals surface area contributed by atoms with Gasteiger partial charge in [-0.1, -0.05) is 30.1 Å². The number of hydrogen-bond donors (Lipinski definition) is 2. The summed E-state index contributed by atoms with van der Waals surface area (Å²) in [6.07, 6.45) is 2.97. The molecule has 0 bridgehead atoms. The van der Waals surface area contributed by atoms with Gasteiger partial charge in [-0.2, -0.15) is 5.10 Å². The van der Waals surface area contributed by atoms with Crippen molar-refractivity contribution in [2.24, 2.45) is 0 Å². The van der Waals surface area contributed by atoms with Crippen LogP contribution in [0, 0.1) is 0 Å². The molecule has 3 heterocycles. The monoisotopic (exact) mass is 480 g/mol. The second kappa shape index (κ2) is 9.09. The van der Waals surface area contributed by atoms with E-state index in [1.807, 2.05) is 13.0 Å². The lowest BCUT2D eigenvalue weighted by atomic mass is 9.87. The molecule has 2 atom stereocenters. The van der Waals surface area contributed by atoms with E-state index in [0.717, 1.165) is 24.0 Å². The van der Waals surface area contributed by atoms with Crippen LogP contribution in [-0.2, 0) is 6.54 Å². The molecule has 32 heavy (non-hydrogen) atoms. The number of nitrogens with one attached hydrogen (secondary N) is 1. The van der Waals surface area contributed by atoms with Crippen LogP contribution in [0.5, 0.6) is 0 Å². The molecule has 0 aliphatic carbocycles. The number of halogens is 3. The van der Waals surface area contributed by atoms with E-state index in [9.17, 15) is 9.50 Å². The Hall–Kier alpha value is -2.00. The zero-order valence-corrected chi connectivity index (χ0v) is 19.8. The Bertz CT molecular complexity index is 1120. The summed E-state index contributed by atoms with van der Waals surface area (Å²) in [5.41, 5.74) is 1.03. The first-order valence-electron chi connectivity index (χ1n) is 10.7. The fourth-order valence-corrected chi connectivity index (χ4v) is 4.58. The molecule has 0 spiro atoms. The highest BCUT2D eigenvalue weighted by Gasteiger charge is 2.31. The highest BCUT2D eigenvalue weighted by atomic mass is 35.5. The first kappa shape index (κ1) is 23.2. The van der Waals surface area contributed by atoms with E-state index >= 15 is 0 Å². The summed E-state index contributed by atoms with van der Waals surface area (Å²) in [5.74, 6) is 0.0867. The van der Waals surface area contributed by atoms with E-state index in [2.05, 4.69) is 25.3 Å². The molecule has 1 aliphatic rings. The largest absolute Gasteiger partial charge is 0.389 e. The van der Waals surface area contributed by atoms with Crippen molar-refractivity contribution >= 4 is 45.7 Å². The Morgan fingerprint density at radius 2 is 2.06 bits per heavy atom. The zero-order chi connectivity index (χ0) is 23.0. The predicted octanol–water partition coefficient (Wildman–Crippen LogP) is 4.79. The Morgan fingerprint density at radius 1 is 1.28 bits per heavy atom. The van der Waals surface area contributed by atoms with Gasteiger partial charge in [0.15, 0.2) is 5.15 Å². The number of benzene rings is 1. The summed E-state index contributed by atoms with van der Waals surface area (Å²) >= 11 is 12.9. The van der Waals surface area contributed by atoms with Gasteiger partial charge in [-0.3, -0.25) is 0 Å². The number of likely N-dealkylation sites (tertiary alicyclic amines) is 1. The summed E-state index contributed by atoms with van der Waals surface area (Å²) in [5, 5.41) is 18.9. The molecule has 7 nitrogen and oxygen atoms in total. The number of fused-ring (bicyclic) bond motifs is 1. The predicted molar refractivity (Wildman–Crippen MR) is 126 cm³/mol. The smallest absolute Gasteiger partial charge is 0.227 e. The lowest BCUT2D eigenvalue weighted by Crippen LogP contribution is -2.40. The average Bonchev–Trinajstić information content (AvgIpc) is 3.05. The molecule has 0 radical (unpaired) electrons. The fraction of sp³-hybridized carbons (Fsp3) is 0.500. The first-order chi connectivity index (χ1) is 15.1. The molecule has 3 aromatic rings. The number of aliphatic hydroxyl groups is 1. The number of rotatable bonds is 6. The van der Waals surface area contributed by atoms with Crippen LogP contribution in [0.15, 0.2) is 24.5 Å². The molecule has 2 N–H and O–H groups in total. The van der Waals surface area contributed by atoms with E-state index in [-0.39, 0.29) is 12.5 Å². The van der Waals surface area contributed by atoms with Crippen molar-refractivity contribution in [2.45, 2.75) is 51.4 Å². The van der Waals surface area contributed by atoms with Crippen molar-refractivity contribution in [1.29, 1.82) is 0 Å². The van der Waals surface area contributed by atoms with Crippen molar-refractivity contribution in [3.63, 3.8) is 0 Å². The topological polar surface area (TPSA) is 79.1 Å². The second-order valence-electron chi connectivity index (χ2n) is 8.87. The fourth-order valence-electron chi connectivity index (χ4n) is 4.07. The van der Waals surface area contributed by atoms with Gasteiger partial charge < -0.3 is 15.3 Å². The Labute approximate surface area is 196 Å². The van der Waals surface area contributed by atoms with Crippen LogP contribution in [0.2, 0.25) is 10.2 Å². The first-order valence-corrected chi connectivity index (χ1v) is 11.4. The minimum absolute atomic E-state index is 0.245. The van der Waals surface area contributed by atoms with Crippen LogP contribution in [0.25, 0.3) is 10.9 Å². The number of hydrogen-bond acceptors (Lipinski definition) is 6. The van der Waals surface area contributed by atoms with Crippen molar-refractivity contribution in [3.8, 4) is 0 Å².